The van der Waals surface area contributed by atoms with Gasteiger partial charge in [0.1, 0.15) is 0 Å². The van der Waals surface area contributed by atoms with Gasteiger partial charge in [0.2, 0.25) is 0 Å². The monoisotopic (exact) mass is 455 g/mol. The first kappa shape index (κ1) is 18.0. The molecule has 4 aromatic heterocycles. The van der Waals surface area contributed by atoms with E-state index in [1.165, 1.54) is 0 Å². The lowest BCUT2D eigenvalue weighted by atomic mass is 10.2. The van der Waals surface area contributed by atoms with Crippen LogP contribution in [-0.2, 0) is 13.1 Å². The number of nitrogens with zero attached hydrogens (tertiary/aromatic N) is 8. The molecule has 5 rings (SSSR count). The zero-order chi connectivity index (χ0) is 20.0. The van der Waals surface area contributed by atoms with Crippen molar-refractivity contribution in [1.82, 2.24) is 34.5 Å². The van der Waals surface area contributed by atoms with Gasteiger partial charge >= 0.3 is 0 Å². The van der Waals surface area contributed by atoms with Crippen LogP contribution in [0.4, 0.5) is 11.6 Å². The largest absolute Gasteiger partial charge is 0.394 e. The maximum absolute atomic E-state index is 9.08. The van der Waals surface area contributed by atoms with E-state index in [0.29, 0.717) is 18.9 Å². The van der Waals surface area contributed by atoms with E-state index in [-0.39, 0.29) is 6.61 Å². The molecule has 0 radical (unpaired) electrons. The van der Waals surface area contributed by atoms with Crippen LogP contribution in [-0.4, -0.2) is 53.2 Å². The number of rotatable bonds is 5. The summed E-state index contributed by atoms with van der Waals surface area (Å²) < 4.78 is 4.47. The quantitative estimate of drug-likeness (QED) is 0.470. The van der Waals surface area contributed by atoms with Crippen LogP contribution in [0.5, 0.6) is 0 Å². The second-order valence-electron chi connectivity index (χ2n) is 6.69. The van der Waals surface area contributed by atoms with Crippen molar-refractivity contribution in [3.63, 3.8) is 0 Å². The molecule has 0 aliphatic carbocycles. The van der Waals surface area contributed by atoms with E-state index in [2.05, 4.69) is 42.6 Å². The van der Waals surface area contributed by atoms with Crippen LogP contribution in [0.25, 0.3) is 16.8 Å². The lowest BCUT2D eigenvalue weighted by Crippen LogP contribution is -2.38. The van der Waals surface area contributed by atoms with Gasteiger partial charge in [-0.1, -0.05) is 0 Å². The molecule has 10 nitrogen and oxygen atoms in total. The summed E-state index contributed by atoms with van der Waals surface area (Å²) >= 11 is 3.53. The number of nitrogens with one attached hydrogen (secondary N) is 1. The molecule has 0 bridgehead atoms. The first-order valence-corrected chi connectivity index (χ1v) is 9.82. The molecular formula is C18H18BrN9O. The van der Waals surface area contributed by atoms with E-state index < -0.39 is 0 Å². The van der Waals surface area contributed by atoms with Crippen LogP contribution in [0.15, 0.2) is 47.6 Å². The molecule has 0 aromatic carbocycles. The summed E-state index contributed by atoms with van der Waals surface area (Å²) in [6.07, 6.45) is 9.03. The summed E-state index contributed by atoms with van der Waals surface area (Å²) in [6.45, 7) is 1.10. The van der Waals surface area contributed by atoms with Crippen LogP contribution < -0.4 is 10.4 Å². The standard InChI is InChI=1S/C18H18BrN9O/c1-25-24-17-18(23-15(9-20-17)13-7-21-26(11-13)4-5-29)28(25)10-12-2-3-27-16(6-12)14(19)8-22-27/h2-3,6-9,11,29H,4-5,10H2,1H3,(H,20,24). The third-order valence-corrected chi connectivity index (χ3v) is 5.37. The number of hydrazine groups is 2. The van der Waals surface area contributed by atoms with Crippen LogP contribution in [0.2, 0.25) is 0 Å². The van der Waals surface area contributed by atoms with Crippen LogP contribution in [0, 0.1) is 0 Å². The number of fused-ring (bicyclic) bond motifs is 2. The molecule has 1 aliphatic rings. The lowest BCUT2D eigenvalue weighted by Gasteiger charge is -2.24. The number of halogens is 1. The van der Waals surface area contributed by atoms with Crippen molar-refractivity contribution in [1.29, 1.82) is 0 Å². The van der Waals surface area contributed by atoms with Crippen LogP contribution in [0.1, 0.15) is 5.56 Å². The molecule has 5 heterocycles. The van der Waals surface area contributed by atoms with Gasteiger partial charge in [-0.15, -0.1) is 5.12 Å². The van der Waals surface area contributed by atoms with Gasteiger partial charge in [-0.3, -0.25) is 15.1 Å². The van der Waals surface area contributed by atoms with E-state index in [1.54, 1.807) is 23.3 Å². The molecule has 0 saturated carbocycles. The zero-order valence-corrected chi connectivity index (χ0v) is 17.2. The third kappa shape index (κ3) is 3.22. The minimum Gasteiger partial charge on any atom is -0.394 e. The molecular weight excluding hydrogens is 438 g/mol. The highest BCUT2D eigenvalue weighted by Gasteiger charge is 2.28. The fraction of sp³-hybridized carbons (Fsp3) is 0.222. The van der Waals surface area contributed by atoms with Crippen molar-refractivity contribution in [3.05, 3.63) is 53.2 Å². The smallest absolute Gasteiger partial charge is 0.190 e. The second-order valence-corrected chi connectivity index (χ2v) is 7.55. The molecule has 11 heteroatoms. The normalized spacial score (nSPS) is 13.8. The zero-order valence-electron chi connectivity index (χ0n) is 15.6. The lowest BCUT2D eigenvalue weighted by molar-refractivity contribution is 0.269. The first-order valence-electron chi connectivity index (χ1n) is 9.03. The van der Waals surface area contributed by atoms with Crippen LogP contribution in [0.3, 0.4) is 0 Å². The SMILES string of the molecule is CN1Nc2ncc(-c3cnn(CCO)c3)nc2N1Cc1ccn2ncc(Br)c2c1. The van der Waals surface area contributed by atoms with E-state index >= 15 is 0 Å². The van der Waals surface area contributed by atoms with Gasteiger partial charge < -0.3 is 5.11 Å². The Morgan fingerprint density at radius 1 is 1.21 bits per heavy atom. The molecule has 0 atom stereocenters. The Balaban J connectivity index is 1.46. The van der Waals surface area contributed by atoms with Crippen molar-refractivity contribution in [2.24, 2.45) is 0 Å². The number of anilines is 2. The van der Waals surface area contributed by atoms with Gasteiger partial charge in [0.05, 0.1) is 54.0 Å². The molecule has 0 unspecified atom stereocenters. The minimum atomic E-state index is 0.0388. The fourth-order valence-corrected chi connectivity index (χ4v) is 3.69. The summed E-state index contributed by atoms with van der Waals surface area (Å²) in [7, 11) is 1.93. The summed E-state index contributed by atoms with van der Waals surface area (Å²) in [4.78, 5) is 9.34. The molecule has 0 spiro atoms. The molecule has 1 aliphatic heterocycles. The second kappa shape index (κ2) is 7.10. The van der Waals surface area contributed by atoms with Gasteiger partial charge in [-0.2, -0.15) is 10.2 Å². The van der Waals surface area contributed by atoms with E-state index in [9.17, 15) is 0 Å². The number of hydrogen-bond acceptors (Lipinski definition) is 8. The molecule has 29 heavy (non-hydrogen) atoms. The first-order chi connectivity index (χ1) is 14.1. The van der Waals surface area contributed by atoms with E-state index in [0.717, 1.165) is 32.6 Å². The van der Waals surface area contributed by atoms with Gasteiger partial charge in [-0.25, -0.2) is 14.5 Å². The Morgan fingerprint density at radius 3 is 2.97 bits per heavy atom. The Bertz CT molecular complexity index is 1190. The molecule has 148 valence electrons. The number of aliphatic hydroxyl groups is 1. The van der Waals surface area contributed by atoms with Crippen molar-refractivity contribution >= 4 is 33.1 Å². The molecule has 0 fully saturated rings. The number of pyridine rings is 1. The summed E-state index contributed by atoms with van der Waals surface area (Å²) in [5.41, 5.74) is 6.92. The molecule has 2 N–H and O–H groups in total. The number of aliphatic hydroxyl groups excluding tert-OH is 1. The van der Waals surface area contributed by atoms with Crippen molar-refractivity contribution in [3.8, 4) is 11.3 Å². The predicted molar refractivity (Wildman–Crippen MR) is 111 cm³/mol. The minimum absolute atomic E-state index is 0.0388. The predicted octanol–water partition coefficient (Wildman–Crippen LogP) is 1.94. The molecule has 4 aromatic rings. The van der Waals surface area contributed by atoms with Crippen molar-refractivity contribution < 1.29 is 5.11 Å². The van der Waals surface area contributed by atoms with Crippen LogP contribution >= 0.6 is 15.9 Å². The fourth-order valence-electron chi connectivity index (χ4n) is 3.30. The van der Waals surface area contributed by atoms with Gasteiger partial charge in [0.25, 0.3) is 0 Å². The molecule has 0 saturated heterocycles. The number of aromatic nitrogens is 6. The Hall–Kier alpha value is -3.02. The Labute approximate surface area is 174 Å². The summed E-state index contributed by atoms with van der Waals surface area (Å²) in [5, 5.41) is 21.5. The Kier molecular flexibility index (Phi) is 4.42. The van der Waals surface area contributed by atoms with E-state index in [4.69, 9.17) is 10.1 Å². The highest BCUT2D eigenvalue weighted by molar-refractivity contribution is 9.10. The van der Waals surface area contributed by atoms with Gasteiger partial charge in [0.15, 0.2) is 11.6 Å². The average Bonchev–Trinajstić information content (AvgIpc) is 3.41. The van der Waals surface area contributed by atoms with Gasteiger partial charge in [0, 0.05) is 25.0 Å². The third-order valence-electron chi connectivity index (χ3n) is 4.76. The van der Waals surface area contributed by atoms with Crippen molar-refractivity contribution in [2.75, 3.05) is 24.1 Å². The Morgan fingerprint density at radius 2 is 2.10 bits per heavy atom. The molecule has 0 amide bonds. The topological polar surface area (TPSA) is 99.6 Å². The summed E-state index contributed by atoms with van der Waals surface area (Å²) in [6, 6.07) is 4.13. The summed E-state index contributed by atoms with van der Waals surface area (Å²) in [5.74, 6) is 1.44. The number of hydrogen-bond donors (Lipinski definition) is 2. The highest BCUT2D eigenvalue weighted by atomic mass is 79.9. The van der Waals surface area contributed by atoms with E-state index in [1.807, 2.05) is 40.1 Å². The average molecular weight is 456 g/mol. The van der Waals surface area contributed by atoms with Gasteiger partial charge in [-0.05, 0) is 33.6 Å². The maximum Gasteiger partial charge on any atom is 0.190 e. The maximum atomic E-state index is 9.08. The highest BCUT2D eigenvalue weighted by Crippen LogP contribution is 2.32. The van der Waals surface area contributed by atoms with Crippen molar-refractivity contribution in [2.45, 2.75) is 13.1 Å².